The lowest BCUT2D eigenvalue weighted by Crippen LogP contribution is -2.21. The summed E-state index contributed by atoms with van der Waals surface area (Å²) in [7, 11) is 1.69. The van der Waals surface area contributed by atoms with Crippen LogP contribution in [0.5, 0.6) is 0 Å². The Morgan fingerprint density at radius 1 is 0.848 bits per heavy atom. The van der Waals surface area contributed by atoms with Crippen LogP contribution in [0.4, 0.5) is 41.0 Å². The van der Waals surface area contributed by atoms with Gasteiger partial charge in [0.1, 0.15) is 17.5 Å². The Balaban J connectivity index is 1.70. The molecule has 0 atom stereocenters. The van der Waals surface area contributed by atoms with Gasteiger partial charge in [0.15, 0.2) is 0 Å². The molecule has 0 radical (unpaired) electrons. The first-order valence-corrected chi connectivity index (χ1v) is 9.76. The number of alkyl halides is 3. The van der Waals surface area contributed by atoms with E-state index < -0.39 is 23.7 Å². The number of rotatable bonds is 5. The third-order valence-corrected chi connectivity index (χ3v) is 4.55. The van der Waals surface area contributed by atoms with Gasteiger partial charge in [0.2, 0.25) is 0 Å². The summed E-state index contributed by atoms with van der Waals surface area (Å²) in [6.45, 7) is 3.44. The van der Waals surface area contributed by atoms with Gasteiger partial charge in [0.05, 0.1) is 5.56 Å². The summed E-state index contributed by atoms with van der Waals surface area (Å²) in [5, 5.41) is 10.7. The normalized spacial score (nSPS) is 11.0. The summed E-state index contributed by atoms with van der Waals surface area (Å²) in [6, 6.07) is 9.77. The summed E-state index contributed by atoms with van der Waals surface area (Å²) < 4.78 is 38.1. The molecule has 0 aliphatic heterocycles. The molecule has 0 fully saturated rings. The zero-order valence-electron chi connectivity index (χ0n) is 18.0. The monoisotopic (exact) mass is 458 g/mol. The van der Waals surface area contributed by atoms with Crippen LogP contribution in [0.2, 0.25) is 0 Å². The number of amides is 3. The smallest absolute Gasteiger partial charge is 0.373 e. The number of anilines is 4. The lowest BCUT2D eigenvalue weighted by Gasteiger charge is -2.13. The molecule has 3 aromatic rings. The molecule has 1 heterocycles. The molecular formula is C22H21F3N6O2. The van der Waals surface area contributed by atoms with Crippen LogP contribution in [0, 0.1) is 13.8 Å². The number of urea groups is 1. The SMILES string of the molecule is CNc1cc(NC(=O)Nc2cc(C(=O)Nc3ccc(C(F)(F)F)cc3)ccc2C)nc(C)n1. The van der Waals surface area contributed by atoms with E-state index in [4.69, 9.17) is 0 Å². The minimum absolute atomic E-state index is 0.209. The summed E-state index contributed by atoms with van der Waals surface area (Å²) in [4.78, 5) is 33.3. The molecule has 0 bridgehead atoms. The molecule has 0 spiro atoms. The molecule has 8 nitrogen and oxygen atoms in total. The van der Waals surface area contributed by atoms with Gasteiger partial charge in [0.25, 0.3) is 5.91 Å². The van der Waals surface area contributed by atoms with E-state index in [-0.39, 0.29) is 11.3 Å². The topological polar surface area (TPSA) is 108 Å². The van der Waals surface area contributed by atoms with Crippen LogP contribution in [0.3, 0.4) is 0 Å². The van der Waals surface area contributed by atoms with Crippen LogP contribution >= 0.6 is 0 Å². The van der Waals surface area contributed by atoms with Crippen LogP contribution in [0.25, 0.3) is 0 Å². The predicted octanol–water partition coefficient (Wildman–Crippen LogP) is 5.05. The molecule has 2 aromatic carbocycles. The van der Waals surface area contributed by atoms with Crippen molar-refractivity contribution < 1.29 is 22.8 Å². The van der Waals surface area contributed by atoms with E-state index in [0.717, 1.165) is 12.1 Å². The number of carbonyl (C=O) groups is 2. The molecule has 3 rings (SSSR count). The van der Waals surface area contributed by atoms with Crippen molar-refractivity contribution in [3.05, 3.63) is 71.0 Å². The number of hydrogen-bond donors (Lipinski definition) is 4. The van der Waals surface area contributed by atoms with Gasteiger partial charge in [-0.1, -0.05) is 6.07 Å². The Bertz CT molecular complexity index is 1180. The minimum atomic E-state index is -4.46. The maximum atomic E-state index is 12.7. The molecule has 172 valence electrons. The Morgan fingerprint density at radius 2 is 1.52 bits per heavy atom. The van der Waals surface area contributed by atoms with E-state index in [1.165, 1.54) is 18.2 Å². The van der Waals surface area contributed by atoms with Crippen molar-refractivity contribution in [2.75, 3.05) is 28.3 Å². The number of halogens is 3. The summed E-state index contributed by atoms with van der Waals surface area (Å²) >= 11 is 0. The molecule has 0 saturated carbocycles. The van der Waals surface area contributed by atoms with Gasteiger partial charge in [-0.2, -0.15) is 13.2 Å². The van der Waals surface area contributed by atoms with Crippen LogP contribution in [-0.4, -0.2) is 29.0 Å². The maximum Gasteiger partial charge on any atom is 0.416 e. The van der Waals surface area contributed by atoms with Gasteiger partial charge in [-0.25, -0.2) is 14.8 Å². The van der Waals surface area contributed by atoms with Crippen molar-refractivity contribution in [1.82, 2.24) is 9.97 Å². The lowest BCUT2D eigenvalue weighted by molar-refractivity contribution is -0.137. The maximum absolute atomic E-state index is 12.7. The second-order valence-electron chi connectivity index (χ2n) is 7.07. The number of aromatic nitrogens is 2. The molecule has 3 amide bonds. The third kappa shape index (κ3) is 6.19. The Labute approximate surface area is 187 Å². The van der Waals surface area contributed by atoms with Gasteiger partial charge in [-0.05, 0) is 55.8 Å². The number of carbonyl (C=O) groups excluding carboxylic acids is 2. The average Bonchev–Trinajstić information content (AvgIpc) is 2.74. The van der Waals surface area contributed by atoms with E-state index >= 15 is 0 Å². The molecule has 0 aliphatic carbocycles. The highest BCUT2D eigenvalue weighted by Gasteiger charge is 2.30. The van der Waals surface area contributed by atoms with Gasteiger partial charge >= 0.3 is 12.2 Å². The minimum Gasteiger partial charge on any atom is -0.373 e. The molecular weight excluding hydrogens is 437 g/mol. The molecule has 1 aromatic heterocycles. The first-order chi connectivity index (χ1) is 15.5. The van der Waals surface area contributed by atoms with Crippen molar-refractivity contribution >= 4 is 34.9 Å². The summed E-state index contributed by atoms with van der Waals surface area (Å²) in [5.74, 6) is 0.757. The highest BCUT2D eigenvalue weighted by molar-refractivity contribution is 6.06. The van der Waals surface area contributed by atoms with Crippen molar-refractivity contribution in [2.24, 2.45) is 0 Å². The second-order valence-corrected chi connectivity index (χ2v) is 7.07. The van der Waals surface area contributed by atoms with Crippen molar-refractivity contribution in [3.63, 3.8) is 0 Å². The zero-order chi connectivity index (χ0) is 24.2. The number of nitrogens with zero attached hydrogens (tertiary/aromatic N) is 2. The molecule has 33 heavy (non-hydrogen) atoms. The van der Waals surface area contributed by atoms with E-state index in [1.807, 2.05) is 0 Å². The van der Waals surface area contributed by atoms with Crippen molar-refractivity contribution in [2.45, 2.75) is 20.0 Å². The number of hydrogen-bond acceptors (Lipinski definition) is 5. The largest absolute Gasteiger partial charge is 0.416 e. The second kappa shape index (κ2) is 9.55. The van der Waals surface area contributed by atoms with Gasteiger partial charge in [-0.15, -0.1) is 0 Å². The zero-order valence-corrected chi connectivity index (χ0v) is 18.0. The van der Waals surface area contributed by atoms with Gasteiger partial charge in [-0.3, -0.25) is 10.1 Å². The highest BCUT2D eigenvalue weighted by Crippen LogP contribution is 2.30. The number of nitrogens with one attached hydrogen (secondary N) is 4. The third-order valence-electron chi connectivity index (χ3n) is 4.55. The standard InChI is InChI=1S/C22H21F3N6O2/c1-12-4-5-14(20(32)29-16-8-6-15(7-9-16)22(23,24)25)10-17(12)30-21(33)31-19-11-18(26-3)27-13(2)28-19/h4-11H,1-3H3,(H,29,32)(H3,26,27,28,30,31,33). The average molecular weight is 458 g/mol. The van der Waals surface area contributed by atoms with Crippen molar-refractivity contribution in [1.29, 1.82) is 0 Å². The summed E-state index contributed by atoms with van der Waals surface area (Å²) in [5.41, 5.74) is 0.693. The lowest BCUT2D eigenvalue weighted by atomic mass is 10.1. The molecule has 0 saturated heterocycles. The van der Waals surface area contributed by atoms with Crippen LogP contribution in [0.1, 0.15) is 27.3 Å². The molecule has 0 aliphatic rings. The fourth-order valence-electron chi connectivity index (χ4n) is 2.87. The van der Waals surface area contributed by atoms with Crippen LogP contribution in [0.15, 0.2) is 48.5 Å². The predicted molar refractivity (Wildman–Crippen MR) is 120 cm³/mol. The van der Waals surface area contributed by atoms with Crippen molar-refractivity contribution in [3.8, 4) is 0 Å². The summed E-state index contributed by atoms with van der Waals surface area (Å²) in [6.07, 6.45) is -4.46. The highest BCUT2D eigenvalue weighted by atomic mass is 19.4. The van der Waals surface area contributed by atoms with Crippen LogP contribution < -0.4 is 21.3 Å². The van der Waals surface area contributed by atoms with E-state index in [2.05, 4.69) is 31.2 Å². The first-order valence-electron chi connectivity index (χ1n) is 9.76. The Morgan fingerprint density at radius 3 is 2.15 bits per heavy atom. The molecule has 0 unspecified atom stereocenters. The fourth-order valence-corrected chi connectivity index (χ4v) is 2.87. The van der Waals surface area contributed by atoms with E-state index in [1.54, 1.807) is 39.1 Å². The Hall–Kier alpha value is -4.15. The van der Waals surface area contributed by atoms with Gasteiger partial charge in [0, 0.05) is 30.1 Å². The van der Waals surface area contributed by atoms with E-state index in [9.17, 15) is 22.8 Å². The molecule has 4 N–H and O–H groups in total. The number of benzene rings is 2. The fraction of sp³-hybridized carbons (Fsp3) is 0.182. The van der Waals surface area contributed by atoms with Crippen LogP contribution in [-0.2, 0) is 6.18 Å². The number of aryl methyl sites for hydroxylation is 2. The Kier molecular flexibility index (Phi) is 6.80. The molecule has 11 heteroatoms. The van der Waals surface area contributed by atoms with E-state index in [0.29, 0.717) is 28.7 Å². The first kappa shape index (κ1) is 23.5. The quantitative estimate of drug-likeness (QED) is 0.428. The van der Waals surface area contributed by atoms with Gasteiger partial charge < -0.3 is 16.0 Å².